The smallest absolute Gasteiger partial charge is 0.340 e. The fourth-order valence-corrected chi connectivity index (χ4v) is 5.48. The molecule has 29 heavy (non-hydrogen) atoms. The molecule has 0 bridgehead atoms. The third-order valence-electron chi connectivity index (χ3n) is 4.36. The quantitative estimate of drug-likeness (QED) is 0.526. The predicted molar refractivity (Wildman–Crippen MR) is 110 cm³/mol. The number of thiophene rings is 1. The summed E-state index contributed by atoms with van der Waals surface area (Å²) in [4.78, 5) is 51.6. The zero-order valence-corrected chi connectivity index (χ0v) is 17.5. The van der Waals surface area contributed by atoms with Crippen LogP contribution in [-0.4, -0.2) is 41.2 Å². The van der Waals surface area contributed by atoms with Crippen LogP contribution in [0.25, 0.3) is 0 Å². The summed E-state index contributed by atoms with van der Waals surface area (Å²) >= 11 is 2.28. The maximum atomic E-state index is 13.0. The van der Waals surface area contributed by atoms with E-state index in [1.807, 2.05) is 6.92 Å². The molecule has 0 radical (unpaired) electrons. The number of imide groups is 1. The van der Waals surface area contributed by atoms with Crippen LogP contribution in [0.5, 0.6) is 0 Å². The Morgan fingerprint density at radius 1 is 1.28 bits per heavy atom. The molecular weight excluding hydrogens is 414 g/mol. The van der Waals surface area contributed by atoms with Crippen LogP contribution in [0.3, 0.4) is 0 Å². The summed E-state index contributed by atoms with van der Waals surface area (Å²) in [6.07, 6.45) is 1.50. The minimum absolute atomic E-state index is 0.0704. The first-order valence-corrected chi connectivity index (χ1v) is 10.6. The highest BCUT2D eigenvalue weighted by Crippen LogP contribution is 2.40. The lowest BCUT2D eigenvalue weighted by molar-refractivity contribution is -0.121. The first kappa shape index (κ1) is 21.1. The molecule has 0 aliphatic carbocycles. The number of esters is 1. The zero-order chi connectivity index (χ0) is 21.1. The normalized spacial score (nSPS) is 16.3. The predicted octanol–water partition coefficient (Wildman–Crippen LogP) is 3.61. The Hall–Kier alpha value is -2.65. The molecule has 0 saturated carbocycles. The Labute approximate surface area is 175 Å². The highest BCUT2D eigenvalue weighted by molar-refractivity contribution is 8.00. The fraction of sp³-hybridized carbons (Fsp3) is 0.300. The third kappa shape index (κ3) is 4.20. The Kier molecular flexibility index (Phi) is 6.39. The van der Waals surface area contributed by atoms with Crippen LogP contribution < -0.4 is 4.90 Å². The van der Waals surface area contributed by atoms with E-state index in [-0.39, 0.29) is 22.5 Å². The van der Waals surface area contributed by atoms with Crippen LogP contribution in [0.15, 0.2) is 35.2 Å². The number of carboxylic acids is 1. The second kappa shape index (κ2) is 8.79. The van der Waals surface area contributed by atoms with E-state index in [2.05, 4.69) is 0 Å². The first-order valence-electron chi connectivity index (χ1n) is 8.94. The van der Waals surface area contributed by atoms with Crippen LogP contribution >= 0.6 is 23.1 Å². The molecule has 2 amide bonds. The van der Waals surface area contributed by atoms with Gasteiger partial charge < -0.3 is 9.84 Å². The minimum Gasteiger partial charge on any atom is -0.478 e. The van der Waals surface area contributed by atoms with Gasteiger partial charge in [-0.15, -0.1) is 23.1 Å². The summed E-state index contributed by atoms with van der Waals surface area (Å²) in [6.45, 7) is 2.00. The topological polar surface area (TPSA) is 101 Å². The van der Waals surface area contributed by atoms with Gasteiger partial charge in [-0.1, -0.05) is 25.5 Å². The Morgan fingerprint density at radius 2 is 2.00 bits per heavy atom. The van der Waals surface area contributed by atoms with E-state index in [0.29, 0.717) is 4.90 Å². The molecule has 1 fully saturated rings. The number of carbonyl (C=O) groups is 4. The molecule has 9 heteroatoms. The molecule has 2 aromatic rings. The summed E-state index contributed by atoms with van der Waals surface area (Å²) < 4.78 is 4.81. The summed E-state index contributed by atoms with van der Waals surface area (Å²) in [5.41, 5.74) is 0.270. The van der Waals surface area contributed by atoms with Gasteiger partial charge in [0.2, 0.25) is 11.8 Å². The van der Waals surface area contributed by atoms with E-state index in [9.17, 15) is 24.3 Å². The lowest BCUT2D eigenvalue weighted by Crippen LogP contribution is -2.31. The van der Waals surface area contributed by atoms with Crippen molar-refractivity contribution >= 4 is 51.9 Å². The Balaban J connectivity index is 1.92. The fourth-order valence-electron chi connectivity index (χ4n) is 3.03. The number of hydrogen-bond acceptors (Lipinski definition) is 7. The van der Waals surface area contributed by atoms with E-state index in [4.69, 9.17) is 4.74 Å². The SMILES string of the molecule is CCCc1cc(C(=O)OC)c(N2C(=O)C[C@H](Sc3ccccc3C(=O)O)C2=O)s1. The minimum atomic E-state index is -1.10. The number of carbonyl (C=O) groups excluding carboxylic acids is 3. The van der Waals surface area contributed by atoms with Crippen molar-refractivity contribution in [1.29, 1.82) is 0 Å². The number of aryl methyl sites for hydroxylation is 1. The average molecular weight is 434 g/mol. The van der Waals surface area contributed by atoms with Gasteiger partial charge in [-0.25, -0.2) is 14.5 Å². The molecule has 7 nitrogen and oxygen atoms in total. The number of methoxy groups -OCH3 is 1. The molecule has 1 aromatic heterocycles. The van der Waals surface area contributed by atoms with Crippen molar-refractivity contribution in [2.75, 3.05) is 12.0 Å². The number of thioether (sulfide) groups is 1. The van der Waals surface area contributed by atoms with Gasteiger partial charge in [0.05, 0.1) is 23.5 Å². The number of carboxylic acid groups (broad SMARTS) is 1. The molecule has 1 aliphatic heterocycles. The van der Waals surface area contributed by atoms with E-state index in [0.717, 1.165) is 34.4 Å². The number of aromatic carboxylic acids is 1. The van der Waals surface area contributed by atoms with Crippen LogP contribution in [0.4, 0.5) is 5.00 Å². The lowest BCUT2D eigenvalue weighted by Gasteiger charge is -2.15. The van der Waals surface area contributed by atoms with Gasteiger partial charge in [0.1, 0.15) is 5.00 Å². The molecule has 1 atom stereocenters. The Morgan fingerprint density at radius 3 is 2.66 bits per heavy atom. The summed E-state index contributed by atoms with van der Waals surface area (Å²) in [5.74, 6) is -2.59. The van der Waals surface area contributed by atoms with Crippen LogP contribution in [0.1, 0.15) is 45.4 Å². The standard InChI is InChI=1S/C20H19NO6S2/c1-3-6-11-9-13(20(26)27-2)18(28-11)21-16(22)10-15(17(21)23)29-14-8-5-4-7-12(14)19(24)25/h4-5,7-9,15H,3,6,10H2,1-2H3,(H,24,25)/t15-/m0/s1. The molecular formula is C20H19NO6S2. The number of benzene rings is 1. The molecule has 1 saturated heterocycles. The van der Waals surface area contributed by atoms with Crippen molar-refractivity contribution in [2.45, 2.75) is 36.3 Å². The summed E-state index contributed by atoms with van der Waals surface area (Å²) in [5, 5.41) is 8.85. The summed E-state index contributed by atoms with van der Waals surface area (Å²) in [7, 11) is 1.25. The van der Waals surface area contributed by atoms with E-state index < -0.39 is 29.0 Å². The van der Waals surface area contributed by atoms with E-state index in [1.54, 1.807) is 24.3 Å². The van der Waals surface area contributed by atoms with Crippen LogP contribution in [-0.2, 0) is 20.7 Å². The number of nitrogens with zero attached hydrogens (tertiary/aromatic N) is 1. The molecule has 1 aromatic carbocycles. The zero-order valence-electron chi connectivity index (χ0n) is 15.8. The highest BCUT2D eigenvalue weighted by Gasteiger charge is 2.43. The second-order valence-corrected chi connectivity index (χ2v) is 8.71. The van der Waals surface area contributed by atoms with Gasteiger partial charge >= 0.3 is 11.9 Å². The second-order valence-electron chi connectivity index (χ2n) is 6.35. The van der Waals surface area contributed by atoms with Crippen molar-refractivity contribution in [3.05, 3.63) is 46.3 Å². The van der Waals surface area contributed by atoms with Crippen LogP contribution in [0.2, 0.25) is 0 Å². The van der Waals surface area contributed by atoms with E-state index >= 15 is 0 Å². The van der Waals surface area contributed by atoms with E-state index in [1.165, 1.54) is 24.5 Å². The average Bonchev–Trinajstić information content (AvgIpc) is 3.22. The number of anilines is 1. The molecule has 0 spiro atoms. The van der Waals surface area contributed by atoms with Crippen molar-refractivity contribution in [1.82, 2.24) is 0 Å². The van der Waals surface area contributed by atoms with Crippen LogP contribution in [0, 0.1) is 0 Å². The largest absolute Gasteiger partial charge is 0.478 e. The first-order chi connectivity index (χ1) is 13.9. The highest BCUT2D eigenvalue weighted by atomic mass is 32.2. The van der Waals surface area contributed by atoms with Crippen molar-refractivity contribution in [3.8, 4) is 0 Å². The van der Waals surface area contributed by atoms with Gasteiger partial charge in [-0.3, -0.25) is 9.59 Å². The maximum absolute atomic E-state index is 13.0. The van der Waals surface area contributed by atoms with Gasteiger partial charge in [-0.2, -0.15) is 0 Å². The van der Waals surface area contributed by atoms with Gasteiger partial charge in [0, 0.05) is 16.2 Å². The summed E-state index contributed by atoms with van der Waals surface area (Å²) in [6, 6.07) is 8.01. The molecule has 152 valence electrons. The number of amides is 2. The molecule has 3 rings (SSSR count). The van der Waals surface area contributed by atoms with Crippen molar-refractivity contribution in [2.24, 2.45) is 0 Å². The molecule has 2 heterocycles. The van der Waals surface area contributed by atoms with Gasteiger partial charge in [-0.05, 0) is 24.6 Å². The molecule has 1 N–H and O–H groups in total. The Bertz CT molecular complexity index is 983. The number of hydrogen-bond donors (Lipinski definition) is 1. The van der Waals surface area contributed by atoms with Gasteiger partial charge in [0.25, 0.3) is 0 Å². The van der Waals surface area contributed by atoms with Crippen molar-refractivity contribution < 1.29 is 29.0 Å². The maximum Gasteiger partial charge on any atom is 0.340 e. The third-order valence-corrected chi connectivity index (χ3v) is 6.80. The molecule has 1 aliphatic rings. The monoisotopic (exact) mass is 433 g/mol. The van der Waals surface area contributed by atoms with Gasteiger partial charge in [0.15, 0.2) is 0 Å². The van der Waals surface area contributed by atoms with Crippen molar-refractivity contribution in [3.63, 3.8) is 0 Å². The number of rotatable bonds is 7. The lowest BCUT2D eigenvalue weighted by atomic mass is 10.2. The number of ether oxygens (including phenoxy) is 1. The molecule has 0 unspecified atom stereocenters.